The minimum absolute atomic E-state index is 0.109. The van der Waals surface area contributed by atoms with Crippen molar-refractivity contribution in [2.45, 2.75) is 31.2 Å². The second-order valence-electron chi connectivity index (χ2n) is 3.76. The molecule has 0 amide bonds. The molecule has 0 spiro atoms. The fourth-order valence-electron chi connectivity index (χ4n) is 1.91. The maximum atomic E-state index is 6.04. The molecule has 0 heterocycles. The first kappa shape index (κ1) is 8.97. The van der Waals surface area contributed by atoms with E-state index >= 15 is 0 Å². The van der Waals surface area contributed by atoms with E-state index in [-0.39, 0.29) is 5.54 Å². The lowest BCUT2D eigenvalue weighted by molar-refractivity contribution is 0.234. The predicted molar refractivity (Wildman–Crippen MR) is 47.0 cm³/mol. The molecule has 1 aliphatic rings. The van der Waals surface area contributed by atoms with Crippen LogP contribution in [0.25, 0.3) is 0 Å². The van der Waals surface area contributed by atoms with E-state index in [9.17, 15) is 0 Å². The van der Waals surface area contributed by atoms with Gasteiger partial charge in [0, 0.05) is 12.1 Å². The molecule has 6 N–H and O–H groups in total. The van der Waals surface area contributed by atoms with E-state index < -0.39 is 0 Å². The molecule has 1 saturated carbocycles. The van der Waals surface area contributed by atoms with Gasteiger partial charge in [0.25, 0.3) is 0 Å². The Morgan fingerprint density at radius 3 is 2.64 bits per heavy atom. The Labute approximate surface area is 68.3 Å². The summed E-state index contributed by atoms with van der Waals surface area (Å²) in [6.07, 6.45) is 4.50. The Kier molecular flexibility index (Phi) is 2.87. The number of hydrogen-bond acceptors (Lipinski definition) is 3. The zero-order chi connectivity index (χ0) is 8.32. The smallest absolute Gasteiger partial charge is 0.0281 e. The van der Waals surface area contributed by atoms with Crippen molar-refractivity contribution in [2.24, 2.45) is 23.1 Å². The van der Waals surface area contributed by atoms with E-state index in [2.05, 4.69) is 0 Å². The van der Waals surface area contributed by atoms with Gasteiger partial charge >= 0.3 is 0 Å². The molecule has 0 aliphatic heterocycles. The van der Waals surface area contributed by atoms with Gasteiger partial charge in [0.1, 0.15) is 0 Å². The standard InChI is InChI=1S/C8H19N3/c9-5-7-2-1-3-8(11,4-7)6-10/h7H,1-6,9-11H2. The summed E-state index contributed by atoms with van der Waals surface area (Å²) in [7, 11) is 0. The molecule has 1 aliphatic carbocycles. The fourth-order valence-corrected chi connectivity index (χ4v) is 1.91. The first-order chi connectivity index (χ1) is 5.20. The van der Waals surface area contributed by atoms with E-state index in [1.807, 2.05) is 0 Å². The van der Waals surface area contributed by atoms with Gasteiger partial charge in [-0.15, -0.1) is 0 Å². The molecule has 66 valence electrons. The minimum atomic E-state index is -0.109. The lowest BCUT2D eigenvalue weighted by Crippen LogP contribution is -2.51. The third-order valence-electron chi connectivity index (χ3n) is 2.72. The molecule has 0 aromatic heterocycles. The molecule has 0 saturated heterocycles. The summed E-state index contributed by atoms with van der Waals surface area (Å²) in [5, 5.41) is 0. The summed E-state index contributed by atoms with van der Waals surface area (Å²) < 4.78 is 0. The Balaban J connectivity index is 2.44. The highest BCUT2D eigenvalue weighted by atomic mass is 14.8. The molecule has 1 fully saturated rings. The summed E-state index contributed by atoms with van der Waals surface area (Å²) in [6, 6.07) is 0. The van der Waals surface area contributed by atoms with Crippen LogP contribution in [0, 0.1) is 5.92 Å². The van der Waals surface area contributed by atoms with Crippen LogP contribution in [0.1, 0.15) is 25.7 Å². The predicted octanol–water partition coefficient (Wildman–Crippen LogP) is -0.208. The summed E-state index contributed by atoms with van der Waals surface area (Å²) in [4.78, 5) is 0. The molecule has 0 aromatic rings. The van der Waals surface area contributed by atoms with Crippen molar-refractivity contribution in [1.82, 2.24) is 0 Å². The van der Waals surface area contributed by atoms with E-state index in [4.69, 9.17) is 17.2 Å². The van der Waals surface area contributed by atoms with Gasteiger partial charge in [-0.2, -0.15) is 0 Å². The average Bonchev–Trinajstić information content (AvgIpc) is 2.05. The van der Waals surface area contributed by atoms with Crippen LogP contribution in [0.4, 0.5) is 0 Å². The third-order valence-corrected chi connectivity index (χ3v) is 2.72. The molecule has 0 aromatic carbocycles. The van der Waals surface area contributed by atoms with Gasteiger partial charge in [-0.3, -0.25) is 0 Å². The molecule has 11 heavy (non-hydrogen) atoms. The maximum absolute atomic E-state index is 6.04. The molecule has 1 rings (SSSR count). The number of nitrogens with two attached hydrogens (primary N) is 3. The van der Waals surface area contributed by atoms with Crippen LogP contribution in [-0.4, -0.2) is 18.6 Å². The van der Waals surface area contributed by atoms with E-state index in [1.54, 1.807) is 0 Å². The third kappa shape index (κ3) is 2.15. The van der Waals surface area contributed by atoms with Crippen LogP contribution in [0.5, 0.6) is 0 Å². The molecule has 0 bridgehead atoms. The highest BCUT2D eigenvalue weighted by Gasteiger charge is 2.30. The lowest BCUT2D eigenvalue weighted by Gasteiger charge is -2.36. The van der Waals surface area contributed by atoms with Crippen molar-refractivity contribution in [1.29, 1.82) is 0 Å². The Bertz CT molecular complexity index is 127. The highest BCUT2D eigenvalue weighted by Crippen LogP contribution is 2.29. The van der Waals surface area contributed by atoms with E-state index in [0.29, 0.717) is 12.5 Å². The summed E-state index contributed by atoms with van der Waals surface area (Å²) in [5.74, 6) is 0.609. The summed E-state index contributed by atoms with van der Waals surface area (Å²) in [6.45, 7) is 1.36. The van der Waals surface area contributed by atoms with Crippen molar-refractivity contribution >= 4 is 0 Å². The molecule has 3 heteroatoms. The lowest BCUT2D eigenvalue weighted by atomic mass is 9.76. The van der Waals surface area contributed by atoms with Gasteiger partial charge in [0.15, 0.2) is 0 Å². The van der Waals surface area contributed by atoms with Gasteiger partial charge in [-0.1, -0.05) is 6.42 Å². The average molecular weight is 157 g/mol. The van der Waals surface area contributed by atoms with Crippen molar-refractivity contribution in [3.63, 3.8) is 0 Å². The van der Waals surface area contributed by atoms with Crippen molar-refractivity contribution in [3.8, 4) is 0 Å². The number of rotatable bonds is 2. The van der Waals surface area contributed by atoms with Gasteiger partial charge in [-0.05, 0) is 31.7 Å². The quantitative estimate of drug-likeness (QED) is 0.519. The zero-order valence-corrected chi connectivity index (χ0v) is 7.05. The second-order valence-corrected chi connectivity index (χ2v) is 3.76. The van der Waals surface area contributed by atoms with Crippen LogP contribution in [0.15, 0.2) is 0 Å². The Hall–Kier alpha value is -0.120. The van der Waals surface area contributed by atoms with Crippen LogP contribution < -0.4 is 17.2 Å². The molecular formula is C8H19N3. The molecule has 2 atom stereocenters. The first-order valence-electron chi connectivity index (χ1n) is 4.39. The fraction of sp³-hybridized carbons (Fsp3) is 1.00. The van der Waals surface area contributed by atoms with Gasteiger partial charge in [0.2, 0.25) is 0 Å². The SMILES string of the molecule is NCC1CCCC(N)(CN)C1. The molecule has 2 unspecified atom stereocenters. The van der Waals surface area contributed by atoms with Crippen molar-refractivity contribution < 1.29 is 0 Å². The molecule has 0 radical (unpaired) electrons. The van der Waals surface area contributed by atoms with Gasteiger partial charge in [-0.25, -0.2) is 0 Å². The first-order valence-corrected chi connectivity index (χ1v) is 4.39. The Morgan fingerprint density at radius 2 is 2.09 bits per heavy atom. The van der Waals surface area contributed by atoms with Crippen LogP contribution in [-0.2, 0) is 0 Å². The Morgan fingerprint density at radius 1 is 1.36 bits per heavy atom. The van der Waals surface area contributed by atoms with E-state index in [0.717, 1.165) is 19.4 Å². The second kappa shape index (κ2) is 3.52. The largest absolute Gasteiger partial charge is 0.330 e. The van der Waals surface area contributed by atoms with E-state index in [1.165, 1.54) is 12.8 Å². The molecular weight excluding hydrogens is 138 g/mol. The van der Waals surface area contributed by atoms with Crippen molar-refractivity contribution in [2.75, 3.05) is 13.1 Å². The van der Waals surface area contributed by atoms with Crippen LogP contribution >= 0.6 is 0 Å². The summed E-state index contributed by atoms with van der Waals surface area (Å²) in [5.41, 5.74) is 17.1. The minimum Gasteiger partial charge on any atom is -0.330 e. The molecule has 3 nitrogen and oxygen atoms in total. The summed E-state index contributed by atoms with van der Waals surface area (Å²) >= 11 is 0. The van der Waals surface area contributed by atoms with Crippen molar-refractivity contribution in [3.05, 3.63) is 0 Å². The highest BCUT2D eigenvalue weighted by molar-refractivity contribution is 4.91. The zero-order valence-electron chi connectivity index (χ0n) is 7.05. The van der Waals surface area contributed by atoms with Crippen LogP contribution in [0.2, 0.25) is 0 Å². The number of hydrogen-bond donors (Lipinski definition) is 3. The van der Waals surface area contributed by atoms with Gasteiger partial charge in [0.05, 0.1) is 0 Å². The van der Waals surface area contributed by atoms with Crippen LogP contribution in [0.3, 0.4) is 0 Å². The van der Waals surface area contributed by atoms with Gasteiger partial charge < -0.3 is 17.2 Å². The normalized spacial score (nSPS) is 39.0. The topological polar surface area (TPSA) is 78.1 Å². The maximum Gasteiger partial charge on any atom is 0.0281 e. The monoisotopic (exact) mass is 157 g/mol.